The van der Waals surface area contributed by atoms with Crippen LogP contribution in [-0.4, -0.2) is 75.7 Å². The number of sulfone groups is 1. The number of piperazine rings is 1. The van der Waals surface area contributed by atoms with Crippen LogP contribution in [0.25, 0.3) is 28.1 Å². The number of pyridine rings is 3. The minimum Gasteiger partial charge on any atom is -0.350 e. The topological polar surface area (TPSA) is 131 Å². The number of aromatic nitrogens is 5. The second kappa shape index (κ2) is 11.5. The average Bonchev–Trinajstić information content (AvgIpc) is 2.96. The number of hydrogen-bond donors (Lipinski definition) is 0. The molecule has 0 aliphatic carbocycles. The maximum atomic E-state index is 15.9. The van der Waals surface area contributed by atoms with Crippen LogP contribution in [-0.2, 0) is 14.6 Å². The first-order valence-corrected chi connectivity index (χ1v) is 15.7. The molecule has 43 heavy (non-hydrogen) atoms. The zero-order valence-electron chi connectivity index (χ0n) is 24.0. The van der Waals surface area contributed by atoms with Gasteiger partial charge in [0.2, 0.25) is 5.91 Å². The van der Waals surface area contributed by atoms with Crippen molar-refractivity contribution in [3.63, 3.8) is 0 Å². The van der Waals surface area contributed by atoms with Crippen molar-refractivity contribution in [3.8, 4) is 17.1 Å². The molecule has 1 atom stereocenters. The van der Waals surface area contributed by atoms with Crippen LogP contribution in [0.5, 0.6) is 0 Å². The Bertz CT molecular complexity index is 1950. The van der Waals surface area contributed by atoms with E-state index in [0.717, 1.165) is 10.8 Å². The van der Waals surface area contributed by atoms with Crippen molar-refractivity contribution < 1.29 is 17.6 Å². The summed E-state index contributed by atoms with van der Waals surface area (Å²) in [5.41, 5.74) is -0.769. The van der Waals surface area contributed by atoms with Gasteiger partial charge >= 0.3 is 5.69 Å². The SMILES string of the molecule is C=CC(=O)N1CCN(c2nc(=O)n(-c3c(S(C)(=O)=O)ccnc3C(C)C)c3nc(-c4ncccc4Cl)c(F)cc23)[C@@H](C)C1. The van der Waals surface area contributed by atoms with E-state index in [9.17, 15) is 18.0 Å². The van der Waals surface area contributed by atoms with Gasteiger partial charge in [0, 0.05) is 44.3 Å². The third-order valence-corrected chi connectivity index (χ3v) is 8.69. The lowest BCUT2D eigenvalue weighted by molar-refractivity contribution is -0.126. The Morgan fingerprint density at radius 2 is 1.91 bits per heavy atom. The van der Waals surface area contributed by atoms with Gasteiger partial charge in [-0.1, -0.05) is 32.0 Å². The summed E-state index contributed by atoms with van der Waals surface area (Å²) in [4.78, 5) is 47.1. The number of carbonyl (C=O) groups excluding carboxylic acids is 1. The van der Waals surface area contributed by atoms with Gasteiger partial charge in [0.25, 0.3) is 0 Å². The van der Waals surface area contributed by atoms with E-state index in [0.29, 0.717) is 25.3 Å². The summed E-state index contributed by atoms with van der Waals surface area (Å²) < 4.78 is 42.9. The molecule has 5 heterocycles. The van der Waals surface area contributed by atoms with E-state index >= 15 is 4.39 Å². The molecule has 14 heteroatoms. The molecule has 0 unspecified atom stereocenters. The van der Waals surface area contributed by atoms with Crippen molar-refractivity contribution in [1.29, 1.82) is 0 Å². The minimum atomic E-state index is -3.88. The molecule has 0 aromatic carbocycles. The van der Waals surface area contributed by atoms with E-state index in [1.807, 2.05) is 20.8 Å². The molecule has 11 nitrogen and oxygen atoms in total. The standard InChI is InChI=1S/C29H29ClFN7O4S/c1-6-22(39)36-12-13-37(17(4)15-36)27-18-14-20(31)25(24-19(30)8-7-10-32-24)34-28(18)38(29(40)35-27)26-21(43(5,41)42)9-11-33-23(26)16(2)3/h6-11,14,16-17H,1,12-13,15H2,2-5H3/t17-/m0/s1. The van der Waals surface area contributed by atoms with Crippen molar-refractivity contribution in [2.75, 3.05) is 30.8 Å². The van der Waals surface area contributed by atoms with E-state index < -0.39 is 21.3 Å². The van der Waals surface area contributed by atoms with Gasteiger partial charge in [-0.15, -0.1) is 0 Å². The van der Waals surface area contributed by atoms with Crippen LogP contribution < -0.4 is 10.6 Å². The molecule has 1 amide bonds. The normalized spacial score (nSPS) is 15.7. The van der Waals surface area contributed by atoms with Crippen LogP contribution in [0.1, 0.15) is 32.4 Å². The summed E-state index contributed by atoms with van der Waals surface area (Å²) in [5.74, 6) is -1.15. The Hall–Kier alpha value is -4.23. The van der Waals surface area contributed by atoms with E-state index in [-0.39, 0.29) is 61.7 Å². The zero-order chi connectivity index (χ0) is 31.2. The number of anilines is 1. The summed E-state index contributed by atoms with van der Waals surface area (Å²) in [6.07, 6.45) is 5.06. The number of nitrogens with zero attached hydrogens (tertiary/aromatic N) is 7. The average molecular weight is 626 g/mol. The first kappa shape index (κ1) is 30.2. The number of carbonyl (C=O) groups is 1. The molecule has 0 bridgehead atoms. The number of rotatable bonds is 6. The fraction of sp³-hybridized carbons (Fsp3) is 0.310. The van der Waals surface area contributed by atoms with Crippen molar-refractivity contribution in [1.82, 2.24) is 29.4 Å². The number of halogens is 2. The van der Waals surface area contributed by atoms with Crippen molar-refractivity contribution in [2.45, 2.75) is 37.6 Å². The molecule has 1 fully saturated rings. The van der Waals surface area contributed by atoms with E-state index in [1.165, 1.54) is 36.7 Å². The Labute approximate surface area is 252 Å². The highest BCUT2D eigenvalue weighted by Gasteiger charge is 2.32. The predicted octanol–water partition coefficient (Wildman–Crippen LogP) is 3.78. The molecular weight excluding hydrogens is 597 g/mol. The lowest BCUT2D eigenvalue weighted by Crippen LogP contribution is -2.54. The van der Waals surface area contributed by atoms with Crippen molar-refractivity contribution in [3.05, 3.63) is 76.3 Å². The third-order valence-electron chi connectivity index (χ3n) is 7.26. The molecule has 4 aromatic rings. The summed E-state index contributed by atoms with van der Waals surface area (Å²) in [7, 11) is -3.88. The molecule has 1 saturated heterocycles. The number of amides is 1. The molecule has 5 rings (SSSR count). The fourth-order valence-corrected chi connectivity index (χ4v) is 6.32. The summed E-state index contributed by atoms with van der Waals surface area (Å²) in [6.45, 7) is 9.94. The Kier molecular flexibility index (Phi) is 8.05. The second-order valence-electron chi connectivity index (χ2n) is 10.6. The molecule has 4 aromatic heterocycles. The maximum Gasteiger partial charge on any atom is 0.355 e. The summed E-state index contributed by atoms with van der Waals surface area (Å²) in [5, 5.41) is 0.287. The highest BCUT2D eigenvalue weighted by Crippen LogP contribution is 2.35. The third kappa shape index (κ3) is 5.50. The van der Waals surface area contributed by atoms with Gasteiger partial charge in [-0.25, -0.2) is 27.2 Å². The maximum absolute atomic E-state index is 15.9. The molecule has 0 radical (unpaired) electrons. The van der Waals surface area contributed by atoms with Gasteiger partial charge in [-0.05, 0) is 43.2 Å². The number of fused-ring (bicyclic) bond motifs is 1. The molecule has 1 aliphatic rings. The smallest absolute Gasteiger partial charge is 0.350 e. The largest absolute Gasteiger partial charge is 0.355 e. The minimum absolute atomic E-state index is 0.0133. The Balaban J connectivity index is 1.88. The summed E-state index contributed by atoms with van der Waals surface area (Å²) in [6, 6.07) is 5.31. The van der Waals surface area contributed by atoms with Gasteiger partial charge < -0.3 is 9.80 Å². The van der Waals surface area contributed by atoms with E-state index in [1.54, 1.807) is 15.9 Å². The highest BCUT2D eigenvalue weighted by atomic mass is 35.5. The van der Waals surface area contributed by atoms with Gasteiger partial charge in [0.05, 0.1) is 26.7 Å². The van der Waals surface area contributed by atoms with Crippen LogP contribution in [0.3, 0.4) is 0 Å². The van der Waals surface area contributed by atoms with Crippen LogP contribution in [0, 0.1) is 5.82 Å². The number of hydrogen-bond acceptors (Lipinski definition) is 9. The lowest BCUT2D eigenvalue weighted by atomic mass is 10.1. The van der Waals surface area contributed by atoms with Crippen LogP contribution in [0.4, 0.5) is 10.2 Å². The van der Waals surface area contributed by atoms with Gasteiger partial charge in [-0.3, -0.25) is 14.8 Å². The van der Waals surface area contributed by atoms with E-state index in [4.69, 9.17) is 11.6 Å². The molecule has 0 spiro atoms. The zero-order valence-corrected chi connectivity index (χ0v) is 25.5. The molecular formula is C29H29ClFN7O4S. The molecule has 1 aliphatic heterocycles. The fourth-order valence-electron chi connectivity index (χ4n) is 5.25. The van der Waals surface area contributed by atoms with Gasteiger partial charge in [-0.2, -0.15) is 4.98 Å². The van der Waals surface area contributed by atoms with Crippen LogP contribution in [0.15, 0.2) is 59.0 Å². The Morgan fingerprint density at radius 3 is 2.53 bits per heavy atom. The molecule has 0 N–H and O–H groups in total. The Morgan fingerprint density at radius 1 is 1.16 bits per heavy atom. The highest BCUT2D eigenvalue weighted by molar-refractivity contribution is 7.90. The first-order chi connectivity index (χ1) is 20.3. The monoisotopic (exact) mass is 625 g/mol. The second-order valence-corrected chi connectivity index (χ2v) is 13.0. The summed E-state index contributed by atoms with van der Waals surface area (Å²) >= 11 is 6.36. The van der Waals surface area contributed by atoms with Gasteiger partial charge in [0.1, 0.15) is 17.2 Å². The van der Waals surface area contributed by atoms with Crippen molar-refractivity contribution in [2.24, 2.45) is 0 Å². The first-order valence-electron chi connectivity index (χ1n) is 13.4. The lowest BCUT2D eigenvalue weighted by Gasteiger charge is -2.40. The van der Waals surface area contributed by atoms with E-state index in [2.05, 4.69) is 26.5 Å². The molecule has 224 valence electrons. The van der Waals surface area contributed by atoms with Crippen LogP contribution in [0.2, 0.25) is 5.02 Å². The molecule has 0 saturated carbocycles. The predicted molar refractivity (Wildman–Crippen MR) is 162 cm³/mol. The van der Waals surface area contributed by atoms with Gasteiger partial charge in [0.15, 0.2) is 21.3 Å². The van der Waals surface area contributed by atoms with Crippen molar-refractivity contribution >= 4 is 44.2 Å². The van der Waals surface area contributed by atoms with Crippen LogP contribution >= 0.6 is 11.6 Å². The quantitative estimate of drug-likeness (QED) is 0.294.